The summed E-state index contributed by atoms with van der Waals surface area (Å²) in [5.41, 5.74) is 4.82. The largest absolute Gasteiger partial charge is 0.493 e. The molecule has 8 heteroatoms. The second kappa shape index (κ2) is 10.6. The zero-order chi connectivity index (χ0) is 27.7. The number of fused-ring (bicyclic) bond motifs is 1. The summed E-state index contributed by atoms with van der Waals surface area (Å²) in [6.07, 6.45) is 0.836. The predicted molar refractivity (Wildman–Crippen MR) is 147 cm³/mol. The molecular weight excluding hydrogens is 496 g/mol. The minimum absolute atomic E-state index is 0.0513. The van der Waals surface area contributed by atoms with Crippen LogP contribution in [0.15, 0.2) is 78.0 Å². The molecule has 1 aliphatic heterocycles. The second-order valence-corrected chi connectivity index (χ2v) is 9.58. The summed E-state index contributed by atoms with van der Waals surface area (Å²) in [7, 11) is 4.50. The number of anilines is 2. The van der Waals surface area contributed by atoms with E-state index in [0.29, 0.717) is 34.7 Å². The number of ether oxygens (including phenoxy) is 3. The Morgan fingerprint density at radius 2 is 1.56 bits per heavy atom. The van der Waals surface area contributed by atoms with Crippen molar-refractivity contribution in [3.05, 3.63) is 94.7 Å². The molecule has 1 N–H and O–H groups in total. The number of carbonyl (C=O) groups is 3. The number of hydrogen-bond acceptors (Lipinski definition) is 7. The maximum Gasteiger partial charge on any atom is 0.337 e. The second-order valence-electron chi connectivity index (χ2n) is 9.58. The van der Waals surface area contributed by atoms with Crippen molar-refractivity contribution in [2.45, 2.75) is 31.7 Å². The van der Waals surface area contributed by atoms with Gasteiger partial charge in [0.05, 0.1) is 44.3 Å². The van der Waals surface area contributed by atoms with E-state index in [1.807, 2.05) is 42.5 Å². The highest BCUT2D eigenvalue weighted by atomic mass is 16.5. The first kappa shape index (κ1) is 26.0. The van der Waals surface area contributed by atoms with Gasteiger partial charge in [0.1, 0.15) is 0 Å². The number of methoxy groups -OCH3 is 3. The Labute approximate surface area is 227 Å². The highest BCUT2D eigenvalue weighted by Gasteiger charge is 2.41. The number of para-hydroxylation sites is 2. The fourth-order valence-electron chi connectivity index (χ4n) is 5.52. The lowest BCUT2D eigenvalue weighted by atomic mass is 9.78. The number of benzene rings is 3. The summed E-state index contributed by atoms with van der Waals surface area (Å²) in [4.78, 5) is 40.9. The van der Waals surface area contributed by atoms with E-state index in [2.05, 4.69) is 5.32 Å². The highest BCUT2D eigenvalue weighted by molar-refractivity contribution is 6.06. The molecular formula is C31H30N2O6. The molecule has 8 nitrogen and oxygen atoms in total. The molecule has 1 aliphatic carbocycles. The van der Waals surface area contributed by atoms with Crippen LogP contribution < -0.4 is 19.7 Å². The topological polar surface area (TPSA) is 94.2 Å². The molecule has 0 unspecified atom stereocenters. The number of nitrogens with one attached hydrogen (secondary N) is 1. The van der Waals surface area contributed by atoms with Crippen molar-refractivity contribution < 1.29 is 28.6 Å². The molecule has 3 aromatic rings. The SMILES string of the molecule is COC(=O)c1ccc([C@@H]2C3=C(C[C@@H](c4ccc(OC)c(OC)c4)CC3=O)Nc3ccccc3N2C(C)=O)cc1. The summed E-state index contributed by atoms with van der Waals surface area (Å²) in [5, 5.41) is 3.50. The van der Waals surface area contributed by atoms with Crippen LogP contribution in [0.2, 0.25) is 0 Å². The molecule has 0 saturated carbocycles. The van der Waals surface area contributed by atoms with E-state index in [9.17, 15) is 14.4 Å². The van der Waals surface area contributed by atoms with Gasteiger partial charge >= 0.3 is 5.97 Å². The smallest absolute Gasteiger partial charge is 0.337 e. The predicted octanol–water partition coefficient (Wildman–Crippen LogP) is 5.41. The number of Topliss-reactive ketones (excluding diaryl/α,β-unsaturated/α-hetero) is 1. The van der Waals surface area contributed by atoms with Crippen LogP contribution in [0.1, 0.15) is 53.2 Å². The number of nitrogens with zero attached hydrogens (tertiary/aromatic N) is 1. The maximum absolute atomic E-state index is 14.0. The first-order valence-electron chi connectivity index (χ1n) is 12.7. The van der Waals surface area contributed by atoms with E-state index < -0.39 is 12.0 Å². The van der Waals surface area contributed by atoms with E-state index in [1.165, 1.54) is 14.0 Å². The van der Waals surface area contributed by atoms with Gasteiger partial charge in [0.15, 0.2) is 17.3 Å². The van der Waals surface area contributed by atoms with Crippen molar-refractivity contribution in [3.8, 4) is 11.5 Å². The van der Waals surface area contributed by atoms with Crippen molar-refractivity contribution in [1.82, 2.24) is 0 Å². The minimum Gasteiger partial charge on any atom is -0.493 e. The van der Waals surface area contributed by atoms with Gasteiger partial charge in [-0.15, -0.1) is 0 Å². The molecule has 0 fully saturated rings. The third-order valence-corrected chi connectivity index (χ3v) is 7.35. The van der Waals surface area contributed by atoms with Crippen LogP contribution in [0.3, 0.4) is 0 Å². The number of allylic oxidation sites excluding steroid dienone is 1. The molecule has 0 saturated heterocycles. The standard InChI is InChI=1S/C31H30N2O6/c1-18(34)33-25-8-6-5-7-23(25)32-24-15-22(21-13-14-27(37-2)28(17-21)38-3)16-26(35)29(24)30(33)19-9-11-20(12-10-19)31(36)39-4/h5-14,17,22,30,32H,15-16H2,1-4H3/t22-,30-/m1/s1. The third-order valence-electron chi connectivity index (χ3n) is 7.35. The van der Waals surface area contributed by atoms with Crippen molar-refractivity contribution in [2.75, 3.05) is 31.5 Å². The van der Waals surface area contributed by atoms with Crippen LogP contribution in [0.5, 0.6) is 11.5 Å². The van der Waals surface area contributed by atoms with Crippen molar-refractivity contribution in [3.63, 3.8) is 0 Å². The molecule has 0 bridgehead atoms. The quantitative estimate of drug-likeness (QED) is 0.444. The Balaban J connectivity index is 1.65. The number of ketones is 1. The van der Waals surface area contributed by atoms with Crippen LogP contribution in [0, 0.1) is 0 Å². The van der Waals surface area contributed by atoms with E-state index in [-0.39, 0.29) is 24.0 Å². The highest BCUT2D eigenvalue weighted by Crippen LogP contribution is 2.48. The maximum atomic E-state index is 14.0. The molecule has 5 rings (SSSR count). The van der Waals surface area contributed by atoms with Gasteiger partial charge < -0.3 is 19.5 Å². The molecule has 200 valence electrons. The van der Waals surface area contributed by atoms with Gasteiger partial charge in [-0.3, -0.25) is 14.5 Å². The summed E-state index contributed by atoms with van der Waals surface area (Å²) in [5.74, 6) is 0.427. The van der Waals surface area contributed by atoms with Crippen LogP contribution in [0.4, 0.5) is 11.4 Å². The van der Waals surface area contributed by atoms with Crippen LogP contribution >= 0.6 is 0 Å². The van der Waals surface area contributed by atoms with E-state index in [4.69, 9.17) is 14.2 Å². The summed E-state index contributed by atoms with van der Waals surface area (Å²) < 4.78 is 15.7. The minimum atomic E-state index is -0.667. The van der Waals surface area contributed by atoms with E-state index in [1.54, 1.807) is 43.4 Å². The number of carbonyl (C=O) groups excluding carboxylic acids is 3. The fraction of sp³-hybridized carbons (Fsp3) is 0.258. The van der Waals surface area contributed by atoms with Crippen molar-refractivity contribution in [2.24, 2.45) is 0 Å². The average Bonchev–Trinajstić information content (AvgIpc) is 3.11. The summed E-state index contributed by atoms with van der Waals surface area (Å²) >= 11 is 0. The Kier molecular flexibility index (Phi) is 7.11. The molecule has 1 heterocycles. The van der Waals surface area contributed by atoms with Gasteiger partial charge in [-0.05, 0) is 59.9 Å². The fourth-order valence-corrected chi connectivity index (χ4v) is 5.52. The van der Waals surface area contributed by atoms with Crippen molar-refractivity contribution >= 4 is 29.0 Å². The van der Waals surface area contributed by atoms with Crippen LogP contribution in [-0.4, -0.2) is 39.0 Å². The summed E-state index contributed by atoms with van der Waals surface area (Å²) in [6, 6.07) is 19.5. The number of esters is 1. The normalized spacial score (nSPS) is 18.4. The molecule has 2 atom stereocenters. The Hall–Kier alpha value is -4.59. The first-order valence-corrected chi connectivity index (χ1v) is 12.7. The lowest BCUT2D eigenvalue weighted by molar-refractivity contribution is -0.117. The van der Waals surface area contributed by atoms with Gasteiger partial charge in [0.25, 0.3) is 0 Å². The van der Waals surface area contributed by atoms with Crippen LogP contribution in [0.25, 0.3) is 0 Å². The van der Waals surface area contributed by atoms with E-state index >= 15 is 0 Å². The zero-order valence-electron chi connectivity index (χ0n) is 22.3. The monoisotopic (exact) mass is 526 g/mol. The number of hydrogen-bond donors (Lipinski definition) is 1. The number of amides is 1. The van der Waals surface area contributed by atoms with Crippen molar-refractivity contribution in [1.29, 1.82) is 0 Å². The van der Waals surface area contributed by atoms with Gasteiger partial charge in [-0.1, -0.05) is 30.3 Å². The molecule has 0 spiro atoms. The Morgan fingerprint density at radius 1 is 0.872 bits per heavy atom. The summed E-state index contributed by atoms with van der Waals surface area (Å²) in [6.45, 7) is 1.50. The van der Waals surface area contributed by atoms with Gasteiger partial charge in [0, 0.05) is 24.6 Å². The molecule has 39 heavy (non-hydrogen) atoms. The Morgan fingerprint density at radius 3 is 2.23 bits per heavy atom. The van der Waals surface area contributed by atoms with E-state index in [0.717, 1.165) is 22.5 Å². The van der Waals surface area contributed by atoms with Crippen LogP contribution in [-0.2, 0) is 14.3 Å². The third kappa shape index (κ3) is 4.74. The van der Waals surface area contributed by atoms with Gasteiger partial charge in [-0.25, -0.2) is 4.79 Å². The lowest BCUT2D eigenvalue weighted by Crippen LogP contribution is -2.37. The lowest BCUT2D eigenvalue weighted by Gasteiger charge is -2.34. The Bertz CT molecular complexity index is 1480. The molecule has 1 amide bonds. The average molecular weight is 527 g/mol. The molecule has 0 radical (unpaired) electrons. The molecule has 2 aliphatic rings. The molecule has 3 aromatic carbocycles. The first-order chi connectivity index (χ1) is 18.9. The molecule has 0 aromatic heterocycles. The zero-order valence-corrected chi connectivity index (χ0v) is 22.3. The number of rotatable bonds is 5. The van der Waals surface area contributed by atoms with Gasteiger partial charge in [-0.2, -0.15) is 0 Å². The van der Waals surface area contributed by atoms with Gasteiger partial charge in [0.2, 0.25) is 5.91 Å².